The van der Waals surface area contributed by atoms with E-state index in [1.165, 1.54) is 5.56 Å². The van der Waals surface area contributed by atoms with Crippen molar-refractivity contribution in [1.82, 2.24) is 0 Å². The molecule has 0 aliphatic carbocycles. The van der Waals surface area contributed by atoms with Crippen LogP contribution in [0.5, 0.6) is 0 Å². The van der Waals surface area contributed by atoms with Crippen LogP contribution in [0.3, 0.4) is 0 Å². The highest BCUT2D eigenvalue weighted by Crippen LogP contribution is 2.16. The summed E-state index contributed by atoms with van der Waals surface area (Å²) in [6.07, 6.45) is 0.589. The normalized spacial score (nSPS) is 10.6. The van der Waals surface area contributed by atoms with Crippen LogP contribution in [0.2, 0.25) is 0 Å². The van der Waals surface area contributed by atoms with Gasteiger partial charge in [0, 0.05) is 18.4 Å². The van der Waals surface area contributed by atoms with Crippen LogP contribution in [-0.2, 0) is 20.9 Å². The second-order valence-corrected chi connectivity index (χ2v) is 6.54. The van der Waals surface area contributed by atoms with Crippen molar-refractivity contribution < 1.29 is 19.1 Å². The number of Topliss-reactive ketones (excluding diaryl/α,β-unsaturated/α-hetero) is 2. The molecule has 0 aliphatic rings. The Morgan fingerprint density at radius 3 is 2.15 bits per heavy atom. The molecule has 2 rings (SSSR count). The minimum absolute atomic E-state index is 0.0173. The van der Waals surface area contributed by atoms with Crippen LogP contribution in [0.4, 0.5) is 0 Å². The lowest BCUT2D eigenvalue weighted by Crippen LogP contribution is -2.17. The lowest BCUT2D eigenvalue weighted by atomic mass is 9.99. The molecule has 0 atom stereocenters. The van der Waals surface area contributed by atoms with E-state index >= 15 is 0 Å². The quantitative estimate of drug-likeness (QED) is 0.379. The molecule has 0 saturated heterocycles. The highest BCUT2D eigenvalue weighted by molar-refractivity contribution is 6.33. The summed E-state index contributed by atoms with van der Waals surface area (Å²) < 4.78 is 4.99. The Labute approximate surface area is 154 Å². The van der Waals surface area contributed by atoms with E-state index in [1.54, 1.807) is 0 Å². The number of benzene rings is 2. The molecule has 0 radical (unpaired) electrons. The predicted molar refractivity (Wildman–Crippen MR) is 100.0 cm³/mol. The molecule has 136 valence electrons. The number of hydrogen-bond donors (Lipinski definition) is 0. The fourth-order valence-corrected chi connectivity index (χ4v) is 2.51. The first kappa shape index (κ1) is 19.6. The van der Waals surface area contributed by atoms with Crippen molar-refractivity contribution in [3.8, 4) is 0 Å². The van der Waals surface area contributed by atoms with Gasteiger partial charge in [-0.05, 0) is 23.5 Å². The summed E-state index contributed by atoms with van der Waals surface area (Å²) >= 11 is 0. The summed E-state index contributed by atoms with van der Waals surface area (Å²) in [7, 11) is 0. The maximum absolute atomic E-state index is 12.2. The van der Waals surface area contributed by atoms with E-state index in [4.69, 9.17) is 4.74 Å². The number of ether oxygens (including phenoxy) is 1. The minimum atomic E-state index is -0.845. The van der Waals surface area contributed by atoms with E-state index in [0.29, 0.717) is 17.9 Å². The largest absolute Gasteiger partial charge is 0.455 e. The van der Waals surface area contributed by atoms with Crippen molar-refractivity contribution in [2.75, 3.05) is 0 Å². The summed E-state index contributed by atoms with van der Waals surface area (Å²) in [5.74, 6) is -1.05. The smallest absolute Gasteiger partial charge is 0.374 e. The van der Waals surface area contributed by atoms with Crippen molar-refractivity contribution in [1.29, 1.82) is 0 Å². The number of esters is 1. The third kappa shape index (κ3) is 5.96. The van der Waals surface area contributed by atoms with Gasteiger partial charge in [0.1, 0.15) is 6.61 Å². The highest BCUT2D eigenvalue weighted by Gasteiger charge is 2.16. The number of hydrogen-bond acceptors (Lipinski definition) is 4. The molecule has 0 amide bonds. The molecule has 0 aliphatic heterocycles. The van der Waals surface area contributed by atoms with Gasteiger partial charge in [-0.15, -0.1) is 0 Å². The Bertz CT molecular complexity index is 745. The van der Waals surface area contributed by atoms with Gasteiger partial charge < -0.3 is 4.74 Å². The van der Waals surface area contributed by atoms with E-state index < -0.39 is 11.8 Å². The second kappa shape index (κ2) is 9.66. The summed E-state index contributed by atoms with van der Waals surface area (Å²) in [5, 5.41) is 0. The zero-order valence-corrected chi connectivity index (χ0v) is 15.2. The first-order chi connectivity index (χ1) is 12.5. The van der Waals surface area contributed by atoms with Crippen molar-refractivity contribution >= 4 is 17.5 Å². The molecule has 0 fully saturated rings. The third-order valence-electron chi connectivity index (χ3n) is 4.15. The van der Waals surface area contributed by atoms with Crippen LogP contribution in [0.1, 0.15) is 60.5 Å². The van der Waals surface area contributed by atoms with Crippen LogP contribution in [0, 0.1) is 0 Å². The molecule has 4 heteroatoms. The topological polar surface area (TPSA) is 60.4 Å². The van der Waals surface area contributed by atoms with Gasteiger partial charge in [-0.2, -0.15) is 0 Å². The van der Waals surface area contributed by atoms with Gasteiger partial charge in [-0.1, -0.05) is 68.4 Å². The summed E-state index contributed by atoms with van der Waals surface area (Å²) in [6.45, 7) is 4.27. The first-order valence-corrected chi connectivity index (χ1v) is 8.84. The molecular formula is C22H24O4. The monoisotopic (exact) mass is 352 g/mol. The average Bonchev–Trinajstić information content (AvgIpc) is 2.66. The molecule has 0 N–H and O–H groups in total. The predicted octanol–water partition coefficient (Wildman–Crippen LogP) is 4.48. The Kier molecular flexibility index (Phi) is 7.27. The molecule has 0 aromatic heterocycles. The maximum Gasteiger partial charge on any atom is 0.374 e. The lowest BCUT2D eigenvalue weighted by molar-refractivity contribution is -0.154. The van der Waals surface area contributed by atoms with Gasteiger partial charge in [0.05, 0.1) is 0 Å². The van der Waals surface area contributed by atoms with Crippen LogP contribution in [-0.4, -0.2) is 17.5 Å². The minimum Gasteiger partial charge on any atom is -0.455 e. The molecule has 2 aromatic rings. The maximum atomic E-state index is 12.2. The lowest BCUT2D eigenvalue weighted by Gasteiger charge is -2.06. The van der Waals surface area contributed by atoms with Gasteiger partial charge in [0.25, 0.3) is 0 Å². The van der Waals surface area contributed by atoms with E-state index in [9.17, 15) is 14.4 Å². The standard InChI is InChI=1S/C22H24O4/c1-16(2)18-11-13-19(14-12-18)20(23)9-6-10-21(24)22(25)26-15-17-7-4-3-5-8-17/h3-5,7-8,11-14,16H,6,9-10,15H2,1-2H3. The van der Waals surface area contributed by atoms with Gasteiger partial charge in [-0.25, -0.2) is 4.79 Å². The van der Waals surface area contributed by atoms with Crippen LogP contribution >= 0.6 is 0 Å². The molecule has 0 bridgehead atoms. The SMILES string of the molecule is CC(C)c1ccc(C(=O)CCCC(=O)C(=O)OCc2ccccc2)cc1. The van der Waals surface area contributed by atoms with E-state index in [-0.39, 0.29) is 25.2 Å². The van der Waals surface area contributed by atoms with Gasteiger partial charge in [0.2, 0.25) is 5.78 Å². The number of carbonyl (C=O) groups is 3. The van der Waals surface area contributed by atoms with E-state index in [1.807, 2.05) is 54.6 Å². The van der Waals surface area contributed by atoms with Crippen molar-refractivity contribution in [2.24, 2.45) is 0 Å². The fraction of sp³-hybridized carbons (Fsp3) is 0.318. The number of carbonyl (C=O) groups excluding carboxylic acids is 3. The van der Waals surface area contributed by atoms with Crippen molar-refractivity contribution in [3.63, 3.8) is 0 Å². The Morgan fingerprint density at radius 2 is 1.54 bits per heavy atom. The number of rotatable bonds is 9. The molecule has 0 heterocycles. The van der Waals surface area contributed by atoms with Crippen molar-refractivity contribution in [2.45, 2.75) is 45.6 Å². The van der Waals surface area contributed by atoms with E-state index in [0.717, 1.165) is 5.56 Å². The van der Waals surface area contributed by atoms with Gasteiger partial charge >= 0.3 is 5.97 Å². The molecule has 0 spiro atoms. The molecule has 26 heavy (non-hydrogen) atoms. The Balaban J connectivity index is 1.73. The number of ketones is 2. The Morgan fingerprint density at radius 1 is 0.885 bits per heavy atom. The summed E-state index contributed by atoms with van der Waals surface area (Å²) in [4.78, 5) is 35.7. The molecule has 0 saturated carbocycles. The first-order valence-electron chi connectivity index (χ1n) is 8.84. The van der Waals surface area contributed by atoms with Crippen LogP contribution < -0.4 is 0 Å². The second-order valence-electron chi connectivity index (χ2n) is 6.54. The molecule has 0 unspecified atom stereocenters. The third-order valence-corrected chi connectivity index (χ3v) is 4.15. The summed E-state index contributed by atoms with van der Waals surface area (Å²) in [6, 6.07) is 16.7. The molecular weight excluding hydrogens is 328 g/mol. The zero-order chi connectivity index (χ0) is 18.9. The molecule has 4 nitrogen and oxygen atoms in total. The Hall–Kier alpha value is -2.75. The van der Waals surface area contributed by atoms with Gasteiger partial charge in [0.15, 0.2) is 5.78 Å². The fourth-order valence-electron chi connectivity index (χ4n) is 2.51. The van der Waals surface area contributed by atoms with E-state index in [2.05, 4.69) is 13.8 Å². The average molecular weight is 352 g/mol. The van der Waals surface area contributed by atoms with Crippen molar-refractivity contribution in [3.05, 3.63) is 71.3 Å². The van der Waals surface area contributed by atoms with Crippen LogP contribution in [0.15, 0.2) is 54.6 Å². The van der Waals surface area contributed by atoms with Gasteiger partial charge in [-0.3, -0.25) is 9.59 Å². The molecule has 2 aromatic carbocycles. The zero-order valence-electron chi connectivity index (χ0n) is 15.2. The highest BCUT2D eigenvalue weighted by atomic mass is 16.5. The van der Waals surface area contributed by atoms with Crippen LogP contribution in [0.25, 0.3) is 0 Å². The summed E-state index contributed by atoms with van der Waals surface area (Å²) in [5.41, 5.74) is 2.64.